The Balaban J connectivity index is 0.000000644. The van der Waals surface area contributed by atoms with E-state index >= 15 is 0 Å². The van der Waals surface area contributed by atoms with E-state index in [1.54, 1.807) is 31.2 Å². The summed E-state index contributed by atoms with van der Waals surface area (Å²) in [5, 5.41) is 10.3. The number of carboxylic acids is 1. The fourth-order valence-corrected chi connectivity index (χ4v) is 6.30. The number of anilines is 2. The molecule has 0 radical (unpaired) electrons. The lowest BCUT2D eigenvalue weighted by atomic mass is 10.0. The third-order valence-electron chi connectivity index (χ3n) is 6.88. The molecule has 1 aliphatic rings. The normalized spacial score (nSPS) is 13.3. The van der Waals surface area contributed by atoms with Crippen molar-refractivity contribution >= 4 is 49.7 Å². The average Bonchev–Trinajstić information content (AvgIpc) is 3.49. The zero-order valence-corrected chi connectivity index (χ0v) is 26.6. The summed E-state index contributed by atoms with van der Waals surface area (Å²) in [6.07, 6.45) is -5.05. The summed E-state index contributed by atoms with van der Waals surface area (Å²) in [6, 6.07) is 23.2. The number of ether oxygens (including phenoxy) is 1. The number of morpholine rings is 1. The summed E-state index contributed by atoms with van der Waals surface area (Å²) in [5.41, 5.74) is 3.53. The summed E-state index contributed by atoms with van der Waals surface area (Å²) >= 11 is 1.14. The van der Waals surface area contributed by atoms with E-state index < -0.39 is 22.0 Å². The second-order valence-corrected chi connectivity index (χ2v) is 13.4. The van der Waals surface area contributed by atoms with Crippen LogP contribution < -0.4 is 10.2 Å². The average molecular weight is 690 g/mol. The molecule has 3 aromatic carbocycles. The monoisotopic (exact) mass is 689 g/mol. The Kier molecular flexibility index (Phi) is 11.5. The molecule has 0 unspecified atom stereocenters. The number of thiazole rings is 1. The summed E-state index contributed by atoms with van der Waals surface area (Å²) < 4.78 is 61.4. The first kappa shape index (κ1) is 35.3. The van der Waals surface area contributed by atoms with Gasteiger partial charge in [-0.25, -0.2) is 18.2 Å². The van der Waals surface area contributed by atoms with Crippen LogP contribution in [0.4, 0.5) is 24.0 Å². The number of benzene rings is 3. The fourth-order valence-electron chi connectivity index (χ4n) is 4.45. The summed E-state index contributed by atoms with van der Waals surface area (Å²) in [4.78, 5) is 42.9. The molecule has 2 N–H and O–H groups in total. The minimum absolute atomic E-state index is 0.0125. The van der Waals surface area contributed by atoms with Crippen molar-refractivity contribution in [3.8, 4) is 11.3 Å². The number of hydrogen-bond acceptors (Lipinski definition) is 9. The zero-order chi connectivity index (χ0) is 34.2. The van der Waals surface area contributed by atoms with E-state index in [9.17, 15) is 31.2 Å². The van der Waals surface area contributed by atoms with Crippen LogP contribution in [0.5, 0.6) is 0 Å². The number of nitrogens with zero attached hydrogens (tertiary/aromatic N) is 2. The van der Waals surface area contributed by atoms with Gasteiger partial charge in [0.2, 0.25) is 11.7 Å². The van der Waals surface area contributed by atoms with Crippen LogP contribution in [0, 0.1) is 0 Å². The highest BCUT2D eigenvalue weighted by atomic mass is 32.2. The van der Waals surface area contributed by atoms with E-state index in [0.29, 0.717) is 40.0 Å². The van der Waals surface area contributed by atoms with Gasteiger partial charge in [-0.1, -0.05) is 72.9 Å². The van der Waals surface area contributed by atoms with E-state index in [1.165, 1.54) is 12.1 Å². The van der Waals surface area contributed by atoms with Gasteiger partial charge in [0.25, 0.3) is 0 Å². The van der Waals surface area contributed by atoms with Crippen molar-refractivity contribution < 1.29 is 45.8 Å². The predicted octanol–water partition coefficient (Wildman–Crippen LogP) is 5.49. The first-order valence-corrected chi connectivity index (χ1v) is 16.7. The molecule has 0 spiro atoms. The Bertz CT molecular complexity index is 1820. The molecule has 0 aliphatic carbocycles. The second-order valence-electron chi connectivity index (χ2n) is 10.1. The Hall–Kier alpha value is -4.60. The number of alkyl halides is 3. The summed E-state index contributed by atoms with van der Waals surface area (Å²) in [5.74, 6) is -3.23. The minimum Gasteiger partial charge on any atom is -0.475 e. The van der Waals surface area contributed by atoms with Crippen LogP contribution in [0.15, 0.2) is 83.8 Å². The molecule has 1 saturated heterocycles. The van der Waals surface area contributed by atoms with Crippen molar-refractivity contribution in [1.82, 2.24) is 4.98 Å². The van der Waals surface area contributed by atoms with Crippen molar-refractivity contribution in [3.05, 3.63) is 94.9 Å². The van der Waals surface area contributed by atoms with Gasteiger partial charge in [-0.3, -0.25) is 9.59 Å². The summed E-state index contributed by atoms with van der Waals surface area (Å²) in [6.45, 7) is 4.47. The summed E-state index contributed by atoms with van der Waals surface area (Å²) in [7, 11) is -3.31. The Morgan fingerprint density at radius 3 is 2.21 bits per heavy atom. The highest BCUT2D eigenvalue weighted by Crippen LogP contribution is 2.35. The number of halogens is 3. The largest absolute Gasteiger partial charge is 0.490 e. The number of rotatable bonds is 9. The molecule has 0 bridgehead atoms. The third kappa shape index (κ3) is 9.47. The maximum atomic E-state index is 13.5. The van der Waals surface area contributed by atoms with Crippen molar-refractivity contribution in [2.24, 2.45) is 0 Å². The molecule has 47 heavy (non-hydrogen) atoms. The molecule has 10 nitrogen and oxygen atoms in total. The number of carbonyl (C=O) groups excluding carboxylic acids is 2. The smallest absolute Gasteiger partial charge is 0.475 e. The van der Waals surface area contributed by atoms with E-state index in [1.807, 2.05) is 42.5 Å². The lowest BCUT2D eigenvalue weighted by molar-refractivity contribution is -0.192. The van der Waals surface area contributed by atoms with Gasteiger partial charge in [0, 0.05) is 29.9 Å². The van der Waals surface area contributed by atoms with Crippen LogP contribution in [-0.4, -0.2) is 74.4 Å². The molecule has 248 valence electrons. The molecular weight excluding hydrogens is 659 g/mol. The Morgan fingerprint density at radius 1 is 0.979 bits per heavy atom. The molecular formula is C32H30F3N3O7S2. The molecule has 1 aliphatic heterocycles. The van der Waals surface area contributed by atoms with Gasteiger partial charge >= 0.3 is 12.1 Å². The van der Waals surface area contributed by atoms with Gasteiger partial charge < -0.3 is 20.1 Å². The lowest BCUT2D eigenvalue weighted by Crippen LogP contribution is -2.36. The van der Waals surface area contributed by atoms with Crippen LogP contribution in [0.25, 0.3) is 11.3 Å². The third-order valence-corrected chi connectivity index (χ3v) is 9.60. The second kappa shape index (κ2) is 15.3. The number of aliphatic carboxylic acids is 1. The number of amides is 1. The number of carboxylic acid groups (broad SMARTS) is 1. The van der Waals surface area contributed by atoms with E-state index in [0.717, 1.165) is 35.7 Å². The van der Waals surface area contributed by atoms with Crippen LogP contribution in [-0.2, 0) is 30.6 Å². The van der Waals surface area contributed by atoms with Gasteiger partial charge in [0.15, 0.2) is 15.0 Å². The van der Waals surface area contributed by atoms with E-state index in [2.05, 4.69) is 10.2 Å². The van der Waals surface area contributed by atoms with E-state index in [4.69, 9.17) is 19.6 Å². The van der Waals surface area contributed by atoms with Gasteiger partial charge in [0.05, 0.1) is 36.0 Å². The number of carbonyl (C=O) groups is 3. The van der Waals surface area contributed by atoms with Gasteiger partial charge in [-0.15, -0.1) is 0 Å². The van der Waals surface area contributed by atoms with Crippen molar-refractivity contribution in [2.45, 2.75) is 24.4 Å². The molecule has 1 fully saturated rings. The Morgan fingerprint density at radius 2 is 1.62 bits per heavy atom. The number of nitrogens with one attached hydrogen (secondary N) is 1. The molecule has 4 aromatic rings. The molecule has 1 aromatic heterocycles. The van der Waals surface area contributed by atoms with Gasteiger partial charge in [0.1, 0.15) is 4.88 Å². The van der Waals surface area contributed by atoms with Crippen LogP contribution in [0.1, 0.15) is 27.7 Å². The van der Waals surface area contributed by atoms with Crippen LogP contribution in [0.3, 0.4) is 0 Å². The van der Waals surface area contributed by atoms with Gasteiger partial charge in [-0.2, -0.15) is 13.2 Å². The SMILES string of the molecule is CCS(=O)(=O)c1ccc(CC(=O)Nc2nc(-c3cccc(N4CCOCC4)c3)c(C(=O)c3ccccc3)s2)cc1.O=C(O)C(F)(F)F. The minimum atomic E-state index is -5.08. The Labute approximate surface area is 272 Å². The number of sulfone groups is 1. The van der Waals surface area contributed by atoms with Crippen LogP contribution in [0.2, 0.25) is 0 Å². The van der Waals surface area contributed by atoms with Gasteiger partial charge in [-0.05, 0) is 29.8 Å². The molecule has 15 heteroatoms. The van der Waals surface area contributed by atoms with E-state index in [-0.39, 0.29) is 28.8 Å². The molecule has 1 amide bonds. The standard InChI is InChI=1S/C30H29N3O5S2.C2HF3O2/c1-2-40(36,37)25-13-11-21(12-14-25)19-26(34)31-30-32-27(29(39-30)28(35)22-7-4-3-5-8-22)23-9-6-10-24(20-23)33-15-17-38-18-16-33;3-2(4,5)1(6)7/h3-14,20H,2,15-19H2,1H3,(H,31,32,34);(H,6,7). The first-order valence-electron chi connectivity index (χ1n) is 14.2. The lowest BCUT2D eigenvalue weighted by Gasteiger charge is -2.29. The fraction of sp³-hybridized carbons (Fsp3) is 0.250. The highest BCUT2D eigenvalue weighted by molar-refractivity contribution is 7.91. The maximum Gasteiger partial charge on any atom is 0.490 e. The van der Waals surface area contributed by atoms with Crippen LogP contribution >= 0.6 is 11.3 Å². The molecule has 0 atom stereocenters. The number of hydrogen-bond donors (Lipinski definition) is 2. The quantitative estimate of drug-likeness (QED) is 0.218. The zero-order valence-electron chi connectivity index (χ0n) is 25.0. The molecule has 0 saturated carbocycles. The topological polar surface area (TPSA) is 143 Å². The van der Waals surface area contributed by atoms with Crippen molar-refractivity contribution in [3.63, 3.8) is 0 Å². The number of aromatic nitrogens is 1. The van der Waals surface area contributed by atoms with Crippen molar-refractivity contribution in [1.29, 1.82) is 0 Å². The predicted molar refractivity (Wildman–Crippen MR) is 171 cm³/mol. The molecule has 5 rings (SSSR count). The molecule has 2 heterocycles. The highest BCUT2D eigenvalue weighted by Gasteiger charge is 2.38. The maximum absolute atomic E-state index is 13.5. The number of ketones is 1. The first-order chi connectivity index (χ1) is 22.3. The van der Waals surface area contributed by atoms with Crippen molar-refractivity contribution in [2.75, 3.05) is 42.3 Å².